The second kappa shape index (κ2) is 6.76. The number of hydrogen-bond donors (Lipinski definition) is 0. The third-order valence-corrected chi connectivity index (χ3v) is 4.68. The van der Waals surface area contributed by atoms with E-state index in [4.69, 9.17) is 9.72 Å². The Balaban J connectivity index is 1.66. The molecule has 0 aliphatic carbocycles. The minimum Gasteiger partial charge on any atom is -0.495 e. The number of rotatable bonds is 4. The Bertz CT molecular complexity index is 1100. The molecular formula is C22H22N4O. The zero-order chi connectivity index (χ0) is 19.0. The molecule has 27 heavy (non-hydrogen) atoms. The second-order valence-electron chi connectivity index (χ2n) is 6.73. The summed E-state index contributed by atoms with van der Waals surface area (Å²) in [7, 11) is 5.67. The number of methoxy groups -OCH3 is 1. The summed E-state index contributed by atoms with van der Waals surface area (Å²) in [6.07, 6.45) is 3.95. The Kier molecular flexibility index (Phi) is 4.28. The molecule has 0 N–H and O–H groups in total. The normalized spacial score (nSPS) is 11.0. The third-order valence-electron chi connectivity index (χ3n) is 4.68. The Labute approximate surface area is 158 Å². The molecule has 1 aromatic carbocycles. The number of nitrogens with zero attached hydrogens (tertiary/aromatic N) is 4. The Morgan fingerprint density at radius 3 is 2.26 bits per heavy atom. The minimum absolute atomic E-state index is 0.811. The molecule has 3 aromatic heterocycles. The molecule has 3 heterocycles. The van der Waals surface area contributed by atoms with E-state index in [1.54, 1.807) is 7.11 Å². The van der Waals surface area contributed by atoms with Crippen LogP contribution in [0, 0.1) is 6.92 Å². The smallest absolute Gasteiger partial charge is 0.137 e. The fraction of sp³-hybridized carbons (Fsp3) is 0.182. The van der Waals surface area contributed by atoms with Crippen molar-refractivity contribution >= 4 is 11.5 Å². The molecule has 0 unspecified atom stereocenters. The molecule has 0 amide bonds. The van der Waals surface area contributed by atoms with Crippen molar-refractivity contribution in [2.24, 2.45) is 0 Å². The van der Waals surface area contributed by atoms with Gasteiger partial charge in [0.2, 0.25) is 0 Å². The third kappa shape index (κ3) is 3.24. The number of imidazole rings is 1. The first-order valence-electron chi connectivity index (χ1n) is 8.83. The van der Waals surface area contributed by atoms with Crippen LogP contribution in [0.1, 0.15) is 5.69 Å². The fourth-order valence-electron chi connectivity index (χ4n) is 3.15. The summed E-state index contributed by atoms with van der Waals surface area (Å²) in [6.45, 7) is 2.05. The lowest BCUT2D eigenvalue weighted by Gasteiger charge is -2.14. The highest BCUT2D eigenvalue weighted by molar-refractivity contribution is 5.71. The highest BCUT2D eigenvalue weighted by Crippen LogP contribution is 2.28. The number of pyridine rings is 2. The molecule has 0 atom stereocenters. The summed E-state index contributed by atoms with van der Waals surface area (Å²) in [5, 5.41) is 0. The van der Waals surface area contributed by atoms with Gasteiger partial charge in [-0.3, -0.25) is 0 Å². The number of fused-ring (bicyclic) bond motifs is 1. The lowest BCUT2D eigenvalue weighted by Crippen LogP contribution is -2.11. The van der Waals surface area contributed by atoms with Gasteiger partial charge in [0.25, 0.3) is 0 Å². The molecule has 0 bridgehead atoms. The van der Waals surface area contributed by atoms with Crippen molar-refractivity contribution in [3.8, 4) is 28.1 Å². The van der Waals surface area contributed by atoms with Gasteiger partial charge in [-0.05, 0) is 36.8 Å². The van der Waals surface area contributed by atoms with Crippen LogP contribution < -0.4 is 9.64 Å². The van der Waals surface area contributed by atoms with Crippen LogP contribution in [0.2, 0.25) is 0 Å². The summed E-state index contributed by atoms with van der Waals surface area (Å²) < 4.78 is 7.26. The average molecular weight is 358 g/mol. The number of benzene rings is 1. The molecule has 0 radical (unpaired) electrons. The zero-order valence-corrected chi connectivity index (χ0v) is 16.0. The number of ether oxygens (including phenoxy) is 1. The van der Waals surface area contributed by atoms with Crippen LogP contribution in [0.15, 0.2) is 60.9 Å². The van der Waals surface area contributed by atoms with Crippen molar-refractivity contribution in [3.05, 3.63) is 66.6 Å². The van der Waals surface area contributed by atoms with E-state index in [1.165, 1.54) is 0 Å². The van der Waals surface area contributed by atoms with Crippen LogP contribution in [0.5, 0.6) is 5.75 Å². The van der Waals surface area contributed by atoms with Gasteiger partial charge in [0.15, 0.2) is 0 Å². The second-order valence-corrected chi connectivity index (χ2v) is 6.73. The van der Waals surface area contributed by atoms with Crippen molar-refractivity contribution in [2.45, 2.75) is 6.92 Å². The van der Waals surface area contributed by atoms with Crippen LogP contribution in [-0.4, -0.2) is 35.6 Å². The highest BCUT2D eigenvalue weighted by Gasteiger charge is 2.08. The molecule has 0 saturated heterocycles. The zero-order valence-electron chi connectivity index (χ0n) is 16.0. The van der Waals surface area contributed by atoms with Crippen molar-refractivity contribution in [1.82, 2.24) is 14.4 Å². The summed E-state index contributed by atoms with van der Waals surface area (Å²) in [6, 6.07) is 16.5. The summed E-state index contributed by atoms with van der Waals surface area (Å²) in [5.74, 6) is 1.78. The van der Waals surface area contributed by atoms with Gasteiger partial charge in [0.1, 0.15) is 17.2 Å². The van der Waals surface area contributed by atoms with E-state index in [2.05, 4.69) is 35.3 Å². The topological polar surface area (TPSA) is 42.7 Å². The van der Waals surface area contributed by atoms with E-state index < -0.39 is 0 Å². The lowest BCUT2D eigenvalue weighted by atomic mass is 10.0. The molecule has 5 heteroatoms. The van der Waals surface area contributed by atoms with Crippen LogP contribution in [0.25, 0.3) is 28.0 Å². The first-order chi connectivity index (χ1) is 13.0. The van der Waals surface area contributed by atoms with Crippen LogP contribution in [0.4, 0.5) is 5.82 Å². The summed E-state index contributed by atoms with van der Waals surface area (Å²) in [4.78, 5) is 11.4. The lowest BCUT2D eigenvalue weighted by molar-refractivity contribution is 0.412. The average Bonchev–Trinajstić information content (AvgIpc) is 3.11. The SMILES string of the molecule is COc1ccc2nc(-c3ccc(-c4ccc(N(C)C)nc4C)cc3)cn2c1. The largest absolute Gasteiger partial charge is 0.495 e. The first-order valence-corrected chi connectivity index (χ1v) is 8.83. The predicted octanol–water partition coefficient (Wildman–Crippen LogP) is 4.45. The number of aryl methyl sites for hydroxylation is 1. The minimum atomic E-state index is 0.811. The van der Waals surface area contributed by atoms with Crippen molar-refractivity contribution in [2.75, 3.05) is 26.1 Å². The van der Waals surface area contributed by atoms with Gasteiger partial charge in [-0.2, -0.15) is 0 Å². The Hall–Kier alpha value is -3.34. The molecular weight excluding hydrogens is 336 g/mol. The van der Waals surface area contributed by atoms with E-state index >= 15 is 0 Å². The maximum Gasteiger partial charge on any atom is 0.137 e. The fourth-order valence-corrected chi connectivity index (χ4v) is 3.15. The molecule has 5 nitrogen and oxygen atoms in total. The van der Waals surface area contributed by atoms with Gasteiger partial charge in [-0.25, -0.2) is 9.97 Å². The quantitative estimate of drug-likeness (QED) is 0.541. The van der Waals surface area contributed by atoms with Crippen molar-refractivity contribution in [1.29, 1.82) is 0 Å². The van der Waals surface area contributed by atoms with Gasteiger partial charge >= 0.3 is 0 Å². The van der Waals surface area contributed by atoms with Crippen LogP contribution in [0.3, 0.4) is 0 Å². The van der Waals surface area contributed by atoms with Gasteiger partial charge in [0, 0.05) is 37.1 Å². The van der Waals surface area contributed by atoms with Gasteiger partial charge < -0.3 is 14.0 Å². The molecule has 0 aliphatic rings. The maximum atomic E-state index is 5.28. The molecule has 136 valence electrons. The van der Waals surface area contributed by atoms with Crippen molar-refractivity contribution < 1.29 is 4.74 Å². The van der Waals surface area contributed by atoms with E-state index in [9.17, 15) is 0 Å². The number of hydrogen-bond acceptors (Lipinski definition) is 4. The summed E-state index contributed by atoms with van der Waals surface area (Å²) >= 11 is 0. The number of anilines is 1. The molecule has 4 aromatic rings. The summed E-state index contributed by atoms with van der Waals surface area (Å²) in [5.41, 5.74) is 6.24. The van der Waals surface area contributed by atoms with E-state index in [1.807, 2.05) is 60.9 Å². The Morgan fingerprint density at radius 2 is 1.59 bits per heavy atom. The Morgan fingerprint density at radius 1 is 0.852 bits per heavy atom. The molecule has 0 aliphatic heterocycles. The highest BCUT2D eigenvalue weighted by atomic mass is 16.5. The van der Waals surface area contributed by atoms with E-state index in [0.717, 1.165) is 45.3 Å². The number of aromatic nitrogens is 3. The van der Waals surface area contributed by atoms with Crippen LogP contribution >= 0.6 is 0 Å². The standard InChI is InChI=1S/C22H22N4O/c1-15-19(10-12-21(23-15)25(2)3)16-5-7-17(8-6-16)20-14-26-13-18(27-4)9-11-22(26)24-20/h5-14H,1-4H3. The predicted molar refractivity (Wildman–Crippen MR) is 109 cm³/mol. The van der Waals surface area contributed by atoms with E-state index in [-0.39, 0.29) is 0 Å². The van der Waals surface area contributed by atoms with Gasteiger partial charge in [-0.1, -0.05) is 24.3 Å². The molecule has 0 fully saturated rings. The van der Waals surface area contributed by atoms with Crippen LogP contribution in [-0.2, 0) is 0 Å². The molecule has 0 saturated carbocycles. The first kappa shape index (κ1) is 17.1. The van der Waals surface area contributed by atoms with E-state index in [0.29, 0.717) is 0 Å². The van der Waals surface area contributed by atoms with Crippen molar-refractivity contribution in [3.63, 3.8) is 0 Å². The van der Waals surface area contributed by atoms with Gasteiger partial charge in [0.05, 0.1) is 19.0 Å². The molecule has 4 rings (SSSR count). The maximum absolute atomic E-state index is 5.28. The monoisotopic (exact) mass is 358 g/mol. The van der Waals surface area contributed by atoms with Gasteiger partial charge in [-0.15, -0.1) is 0 Å². The molecule has 0 spiro atoms.